The first-order valence-corrected chi connectivity index (χ1v) is 9.25. The van der Waals surface area contributed by atoms with Gasteiger partial charge in [-0.2, -0.15) is 5.10 Å². The molecule has 1 atom stereocenters. The highest BCUT2D eigenvalue weighted by atomic mass is 16.1. The van der Waals surface area contributed by atoms with Crippen molar-refractivity contribution < 1.29 is 4.79 Å². The van der Waals surface area contributed by atoms with Crippen molar-refractivity contribution in [2.75, 3.05) is 13.6 Å². The van der Waals surface area contributed by atoms with Crippen LogP contribution in [0.3, 0.4) is 0 Å². The molecule has 0 bridgehead atoms. The summed E-state index contributed by atoms with van der Waals surface area (Å²) >= 11 is 0. The summed E-state index contributed by atoms with van der Waals surface area (Å²) in [5.74, 6) is -0.0336. The Morgan fingerprint density at radius 3 is 2.41 bits per heavy atom. The summed E-state index contributed by atoms with van der Waals surface area (Å²) in [7, 11) is 1.85. The molecule has 1 aromatic heterocycles. The lowest BCUT2D eigenvalue weighted by molar-refractivity contribution is -0.124. The lowest BCUT2D eigenvalue weighted by Gasteiger charge is -2.11. The molecule has 2 aromatic carbocycles. The predicted molar refractivity (Wildman–Crippen MR) is 108 cm³/mol. The molecule has 0 spiro atoms. The number of rotatable bonds is 8. The van der Waals surface area contributed by atoms with Crippen molar-refractivity contribution in [1.82, 2.24) is 20.4 Å². The largest absolute Gasteiger partial charge is 0.352 e. The summed E-state index contributed by atoms with van der Waals surface area (Å²) in [6.07, 6.45) is 2.03. The van der Waals surface area contributed by atoms with Gasteiger partial charge in [-0.3, -0.25) is 9.48 Å². The summed E-state index contributed by atoms with van der Waals surface area (Å²) in [5.41, 5.74) is 4.17. The minimum Gasteiger partial charge on any atom is -0.352 e. The van der Waals surface area contributed by atoms with E-state index in [0.717, 1.165) is 16.8 Å². The van der Waals surface area contributed by atoms with E-state index in [1.165, 1.54) is 5.56 Å². The second kappa shape index (κ2) is 9.14. The van der Waals surface area contributed by atoms with Crippen LogP contribution in [0.2, 0.25) is 0 Å². The fourth-order valence-corrected chi connectivity index (χ4v) is 3.04. The Balaban J connectivity index is 1.81. The van der Waals surface area contributed by atoms with Gasteiger partial charge in [0.2, 0.25) is 5.91 Å². The molecule has 0 radical (unpaired) electrons. The smallest absolute Gasteiger partial charge is 0.224 e. The summed E-state index contributed by atoms with van der Waals surface area (Å²) in [5, 5.41) is 10.9. The van der Waals surface area contributed by atoms with Crippen molar-refractivity contribution >= 4 is 5.91 Å². The number of carbonyl (C=O) groups excluding carboxylic acids is 1. The highest BCUT2D eigenvalue weighted by Gasteiger charge is 2.15. The third kappa shape index (κ3) is 5.05. The molecule has 5 heteroatoms. The van der Waals surface area contributed by atoms with Crippen molar-refractivity contribution in [3.8, 4) is 11.3 Å². The van der Waals surface area contributed by atoms with Gasteiger partial charge < -0.3 is 10.6 Å². The SMILES string of the molecule is CNCC(C)C(=O)NCc1cn(Cc2ccccc2)nc1-c1ccccc1. The zero-order valence-corrected chi connectivity index (χ0v) is 15.9. The summed E-state index contributed by atoms with van der Waals surface area (Å²) < 4.78 is 1.94. The quantitative estimate of drug-likeness (QED) is 0.647. The van der Waals surface area contributed by atoms with Crippen LogP contribution in [0.15, 0.2) is 66.9 Å². The maximum atomic E-state index is 12.3. The normalized spacial score (nSPS) is 11.9. The Hall–Kier alpha value is -2.92. The van der Waals surface area contributed by atoms with Crippen molar-refractivity contribution in [1.29, 1.82) is 0 Å². The van der Waals surface area contributed by atoms with Crippen molar-refractivity contribution in [3.05, 3.63) is 78.0 Å². The molecular formula is C22H26N4O. The first-order chi connectivity index (χ1) is 13.2. The number of hydrogen-bond donors (Lipinski definition) is 2. The van der Waals surface area contributed by atoms with Gasteiger partial charge in [0.05, 0.1) is 12.2 Å². The number of benzene rings is 2. The van der Waals surface area contributed by atoms with E-state index in [0.29, 0.717) is 19.6 Å². The number of nitrogens with zero attached hydrogens (tertiary/aromatic N) is 2. The van der Waals surface area contributed by atoms with Gasteiger partial charge >= 0.3 is 0 Å². The minimum absolute atomic E-state index is 0.0409. The Bertz CT molecular complexity index is 859. The van der Waals surface area contributed by atoms with E-state index in [9.17, 15) is 4.79 Å². The Morgan fingerprint density at radius 2 is 1.74 bits per heavy atom. The van der Waals surface area contributed by atoms with Crippen LogP contribution in [0, 0.1) is 5.92 Å². The molecule has 0 fully saturated rings. The van der Waals surface area contributed by atoms with Gasteiger partial charge in [0, 0.05) is 36.3 Å². The summed E-state index contributed by atoms with van der Waals surface area (Å²) in [6.45, 7) is 3.74. The first kappa shape index (κ1) is 18.9. The third-order valence-electron chi connectivity index (χ3n) is 4.48. The average molecular weight is 362 g/mol. The molecule has 0 aliphatic rings. The van der Waals surface area contributed by atoms with Gasteiger partial charge in [0.1, 0.15) is 0 Å². The van der Waals surface area contributed by atoms with Crippen LogP contribution in [0.5, 0.6) is 0 Å². The molecule has 140 valence electrons. The second-order valence-corrected chi connectivity index (χ2v) is 6.73. The second-order valence-electron chi connectivity index (χ2n) is 6.73. The molecule has 1 amide bonds. The van der Waals surface area contributed by atoms with E-state index in [2.05, 4.69) is 22.8 Å². The Morgan fingerprint density at radius 1 is 1.07 bits per heavy atom. The number of nitrogens with one attached hydrogen (secondary N) is 2. The van der Waals surface area contributed by atoms with Crippen LogP contribution in [0.1, 0.15) is 18.1 Å². The van der Waals surface area contributed by atoms with Crippen LogP contribution >= 0.6 is 0 Å². The molecule has 5 nitrogen and oxygen atoms in total. The monoisotopic (exact) mass is 362 g/mol. The highest BCUT2D eigenvalue weighted by molar-refractivity contribution is 5.78. The minimum atomic E-state index is -0.0745. The molecule has 0 saturated carbocycles. The van der Waals surface area contributed by atoms with Crippen LogP contribution in [0.25, 0.3) is 11.3 Å². The fraction of sp³-hybridized carbons (Fsp3) is 0.273. The van der Waals surface area contributed by atoms with E-state index in [1.54, 1.807) is 0 Å². The molecule has 27 heavy (non-hydrogen) atoms. The van der Waals surface area contributed by atoms with Gasteiger partial charge in [-0.05, 0) is 12.6 Å². The lowest BCUT2D eigenvalue weighted by atomic mass is 10.1. The Kier molecular flexibility index (Phi) is 6.39. The standard InChI is InChI=1S/C22H26N4O/c1-17(13-23-2)22(27)24-14-20-16-26(15-18-9-5-3-6-10-18)25-21(20)19-11-7-4-8-12-19/h3-12,16-17,23H,13-15H2,1-2H3,(H,24,27). The Labute approximate surface area is 160 Å². The van der Waals surface area contributed by atoms with E-state index >= 15 is 0 Å². The predicted octanol–water partition coefficient (Wildman–Crippen LogP) is 3.07. The van der Waals surface area contributed by atoms with Crippen LogP contribution in [-0.4, -0.2) is 29.3 Å². The average Bonchev–Trinajstić information content (AvgIpc) is 3.10. The third-order valence-corrected chi connectivity index (χ3v) is 4.48. The van der Waals surface area contributed by atoms with Crippen LogP contribution in [0.4, 0.5) is 0 Å². The first-order valence-electron chi connectivity index (χ1n) is 9.25. The lowest BCUT2D eigenvalue weighted by Crippen LogP contribution is -2.33. The number of carbonyl (C=O) groups is 1. The molecule has 2 N–H and O–H groups in total. The number of aromatic nitrogens is 2. The van der Waals surface area contributed by atoms with Crippen molar-refractivity contribution in [2.24, 2.45) is 5.92 Å². The summed E-state index contributed by atoms with van der Waals surface area (Å²) in [6, 6.07) is 20.3. The number of hydrogen-bond acceptors (Lipinski definition) is 3. The van der Waals surface area contributed by atoms with E-state index in [1.807, 2.05) is 73.4 Å². The zero-order chi connectivity index (χ0) is 19.1. The van der Waals surface area contributed by atoms with Gasteiger partial charge in [0.15, 0.2) is 0 Å². The molecule has 1 heterocycles. The zero-order valence-electron chi connectivity index (χ0n) is 15.9. The molecule has 3 aromatic rings. The van der Waals surface area contributed by atoms with Crippen LogP contribution in [-0.2, 0) is 17.9 Å². The molecule has 0 aliphatic carbocycles. The van der Waals surface area contributed by atoms with Gasteiger partial charge in [0.25, 0.3) is 0 Å². The van der Waals surface area contributed by atoms with E-state index in [4.69, 9.17) is 5.10 Å². The molecule has 0 saturated heterocycles. The van der Waals surface area contributed by atoms with E-state index < -0.39 is 0 Å². The van der Waals surface area contributed by atoms with Gasteiger partial charge in [-0.15, -0.1) is 0 Å². The fourth-order valence-electron chi connectivity index (χ4n) is 3.04. The maximum absolute atomic E-state index is 12.3. The van der Waals surface area contributed by atoms with Gasteiger partial charge in [-0.1, -0.05) is 67.6 Å². The highest BCUT2D eigenvalue weighted by Crippen LogP contribution is 2.22. The van der Waals surface area contributed by atoms with Crippen molar-refractivity contribution in [2.45, 2.75) is 20.0 Å². The molecule has 0 aliphatic heterocycles. The molecule has 1 unspecified atom stereocenters. The van der Waals surface area contributed by atoms with Gasteiger partial charge in [-0.25, -0.2) is 0 Å². The maximum Gasteiger partial charge on any atom is 0.224 e. The molecular weight excluding hydrogens is 336 g/mol. The molecule has 3 rings (SSSR count). The van der Waals surface area contributed by atoms with Crippen molar-refractivity contribution in [3.63, 3.8) is 0 Å². The summed E-state index contributed by atoms with van der Waals surface area (Å²) in [4.78, 5) is 12.3. The number of amides is 1. The van der Waals surface area contributed by atoms with E-state index in [-0.39, 0.29) is 11.8 Å². The topological polar surface area (TPSA) is 59.0 Å². The van der Waals surface area contributed by atoms with Crippen LogP contribution < -0.4 is 10.6 Å².